The molecule has 0 atom stereocenters. The molecule has 0 aliphatic carbocycles. The van der Waals surface area contributed by atoms with Crippen LogP contribution in [0.25, 0.3) is 21.8 Å². The molecule has 4 rings (SSSR count). The van der Waals surface area contributed by atoms with Crippen LogP contribution in [0.5, 0.6) is 0 Å². The monoisotopic (exact) mass is 264 g/mol. The van der Waals surface area contributed by atoms with Crippen molar-refractivity contribution < 1.29 is 4.39 Å². The van der Waals surface area contributed by atoms with E-state index >= 15 is 0 Å². The van der Waals surface area contributed by atoms with Crippen LogP contribution in [0.4, 0.5) is 4.39 Å². The molecular weight excluding hydrogens is 251 g/mol. The summed E-state index contributed by atoms with van der Waals surface area (Å²) in [5.74, 6) is -0.197. The standard InChI is InChI=1S/C17H13FN2/c18-13-5-6-17-15(8-13)12(10-20-17)7-11-9-19-16-4-2-1-3-14(11)16/h1-6,8-10,19-20H,7H2. The van der Waals surface area contributed by atoms with E-state index in [0.29, 0.717) is 0 Å². The third kappa shape index (κ3) is 1.71. The summed E-state index contributed by atoms with van der Waals surface area (Å²) in [7, 11) is 0. The highest BCUT2D eigenvalue weighted by Crippen LogP contribution is 2.25. The Morgan fingerprint density at radius 3 is 2.35 bits per heavy atom. The van der Waals surface area contributed by atoms with E-state index in [9.17, 15) is 4.39 Å². The van der Waals surface area contributed by atoms with Crippen LogP contribution in [0.1, 0.15) is 11.1 Å². The normalized spacial score (nSPS) is 11.4. The van der Waals surface area contributed by atoms with Gasteiger partial charge in [0, 0.05) is 40.6 Å². The zero-order chi connectivity index (χ0) is 13.5. The summed E-state index contributed by atoms with van der Waals surface area (Å²) >= 11 is 0. The largest absolute Gasteiger partial charge is 0.361 e. The average molecular weight is 264 g/mol. The number of aromatic nitrogens is 2. The van der Waals surface area contributed by atoms with Gasteiger partial charge in [-0.15, -0.1) is 0 Å². The summed E-state index contributed by atoms with van der Waals surface area (Å²) in [6, 6.07) is 13.1. The van der Waals surface area contributed by atoms with Crippen molar-refractivity contribution in [2.45, 2.75) is 6.42 Å². The smallest absolute Gasteiger partial charge is 0.123 e. The molecule has 4 aromatic rings. The van der Waals surface area contributed by atoms with Crippen LogP contribution < -0.4 is 0 Å². The molecule has 0 fully saturated rings. The number of rotatable bonds is 2. The first-order valence-electron chi connectivity index (χ1n) is 6.62. The zero-order valence-electron chi connectivity index (χ0n) is 10.8. The summed E-state index contributed by atoms with van der Waals surface area (Å²) in [5, 5.41) is 2.17. The molecule has 0 spiro atoms. The van der Waals surface area contributed by atoms with Gasteiger partial charge in [0.25, 0.3) is 0 Å². The van der Waals surface area contributed by atoms with Crippen molar-refractivity contribution in [3.05, 3.63) is 71.8 Å². The molecular formula is C17H13FN2. The Labute approximate surface area is 115 Å². The van der Waals surface area contributed by atoms with E-state index in [4.69, 9.17) is 0 Å². The maximum Gasteiger partial charge on any atom is 0.123 e. The van der Waals surface area contributed by atoms with Gasteiger partial charge < -0.3 is 9.97 Å². The predicted octanol–water partition coefficient (Wildman–Crippen LogP) is 4.38. The second-order valence-corrected chi connectivity index (χ2v) is 5.04. The molecule has 0 bridgehead atoms. The van der Waals surface area contributed by atoms with Crippen molar-refractivity contribution in [1.82, 2.24) is 9.97 Å². The van der Waals surface area contributed by atoms with Crippen LogP contribution in [0.3, 0.4) is 0 Å². The lowest BCUT2D eigenvalue weighted by Gasteiger charge is -1.99. The molecule has 0 amide bonds. The lowest BCUT2D eigenvalue weighted by molar-refractivity contribution is 0.629. The van der Waals surface area contributed by atoms with Crippen molar-refractivity contribution in [2.75, 3.05) is 0 Å². The van der Waals surface area contributed by atoms with E-state index in [0.717, 1.165) is 28.4 Å². The number of aromatic amines is 2. The van der Waals surface area contributed by atoms with E-state index in [2.05, 4.69) is 22.1 Å². The molecule has 0 saturated carbocycles. The fraction of sp³-hybridized carbons (Fsp3) is 0.0588. The number of nitrogens with one attached hydrogen (secondary N) is 2. The van der Waals surface area contributed by atoms with Crippen molar-refractivity contribution >= 4 is 21.8 Å². The third-order valence-corrected chi connectivity index (χ3v) is 3.79. The number of halogens is 1. The summed E-state index contributed by atoms with van der Waals surface area (Å²) < 4.78 is 13.4. The number of hydrogen-bond acceptors (Lipinski definition) is 0. The van der Waals surface area contributed by atoms with E-state index < -0.39 is 0 Å². The number of para-hydroxylation sites is 1. The molecule has 0 saturated heterocycles. The van der Waals surface area contributed by atoms with Crippen LogP contribution in [0.2, 0.25) is 0 Å². The zero-order valence-corrected chi connectivity index (χ0v) is 10.8. The highest BCUT2D eigenvalue weighted by Gasteiger charge is 2.09. The second kappa shape index (κ2) is 4.23. The van der Waals surface area contributed by atoms with Gasteiger partial charge in [-0.25, -0.2) is 4.39 Å². The number of H-pyrrole nitrogens is 2. The molecule has 0 unspecified atom stereocenters. The highest BCUT2D eigenvalue weighted by molar-refractivity contribution is 5.86. The van der Waals surface area contributed by atoms with Gasteiger partial charge in [-0.3, -0.25) is 0 Å². The minimum absolute atomic E-state index is 0.197. The fourth-order valence-electron chi connectivity index (χ4n) is 2.78. The Morgan fingerprint density at radius 2 is 1.50 bits per heavy atom. The molecule has 98 valence electrons. The van der Waals surface area contributed by atoms with Gasteiger partial charge in [0.05, 0.1) is 0 Å². The molecule has 2 nitrogen and oxygen atoms in total. The van der Waals surface area contributed by atoms with Gasteiger partial charge in [-0.2, -0.15) is 0 Å². The minimum Gasteiger partial charge on any atom is -0.361 e. The molecule has 2 heterocycles. The molecule has 3 heteroatoms. The van der Waals surface area contributed by atoms with Crippen LogP contribution in [-0.4, -0.2) is 9.97 Å². The first-order valence-corrected chi connectivity index (χ1v) is 6.62. The Kier molecular flexibility index (Phi) is 2.39. The van der Waals surface area contributed by atoms with Gasteiger partial charge in [0.1, 0.15) is 5.82 Å². The maximum atomic E-state index is 13.4. The number of hydrogen-bond donors (Lipinski definition) is 2. The Hall–Kier alpha value is -2.55. The lowest BCUT2D eigenvalue weighted by Crippen LogP contribution is -1.85. The summed E-state index contributed by atoms with van der Waals surface area (Å²) in [6.45, 7) is 0. The van der Waals surface area contributed by atoms with E-state index in [1.807, 2.05) is 24.5 Å². The van der Waals surface area contributed by atoms with E-state index in [-0.39, 0.29) is 5.82 Å². The van der Waals surface area contributed by atoms with Crippen molar-refractivity contribution in [3.63, 3.8) is 0 Å². The topological polar surface area (TPSA) is 31.6 Å². The van der Waals surface area contributed by atoms with Gasteiger partial charge in [0.15, 0.2) is 0 Å². The van der Waals surface area contributed by atoms with Crippen molar-refractivity contribution in [1.29, 1.82) is 0 Å². The first kappa shape index (κ1) is 11.3. The fourth-order valence-corrected chi connectivity index (χ4v) is 2.78. The Balaban J connectivity index is 1.82. The quantitative estimate of drug-likeness (QED) is 0.538. The lowest BCUT2D eigenvalue weighted by atomic mass is 10.0. The van der Waals surface area contributed by atoms with Crippen LogP contribution >= 0.6 is 0 Å². The summed E-state index contributed by atoms with van der Waals surface area (Å²) in [6.07, 6.45) is 4.78. The average Bonchev–Trinajstić information content (AvgIpc) is 3.05. The summed E-state index contributed by atoms with van der Waals surface area (Å²) in [4.78, 5) is 6.47. The molecule has 20 heavy (non-hydrogen) atoms. The molecule has 2 aromatic carbocycles. The van der Waals surface area contributed by atoms with Gasteiger partial charge in [-0.05, 0) is 35.4 Å². The third-order valence-electron chi connectivity index (χ3n) is 3.79. The number of fused-ring (bicyclic) bond motifs is 2. The molecule has 2 N–H and O–H groups in total. The van der Waals surface area contributed by atoms with E-state index in [1.165, 1.54) is 17.0 Å². The Bertz CT molecular complexity index is 902. The molecule has 0 aliphatic heterocycles. The first-order chi connectivity index (χ1) is 9.81. The van der Waals surface area contributed by atoms with Gasteiger partial charge in [0.2, 0.25) is 0 Å². The highest BCUT2D eigenvalue weighted by atomic mass is 19.1. The maximum absolute atomic E-state index is 13.4. The van der Waals surface area contributed by atoms with Gasteiger partial charge in [-0.1, -0.05) is 18.2 Å². The SMILES string of the molecule is Fc1ccc2[nH]cc(Cc3c[nH]c4ccccc34)c2c1. The van der Waals surface area contributed by atoms with Crippen molar-refractivity contribution in [2.24, 2.45) is 0 Å². The summed E-state index contributed by atoms with van der Waals surface area (Å²) in [5.41, 5.74) is 4.45. The van der Waals surface area contributed by atoms with E-state index in [1.54, 1.807) is 12.1 Å². The number of benzene rings is 2. The van der Waals surface area contributed by atoms with Crippen LogP contribution in [0, 0.1) is 5.82 Å². The van der Waals surface area contributed by atoms with Crippen molar-refractivity contribution in [3.8, 4) is 0 Å². The molecule has 0 aliphatic rings. The molecule has 2 aromatic heterocycles. The second-order valence-electron chi connectivity index (χ2n) is 5.04. The predicted molar refractivity (Wildman–Crippen MR) is 79.4 cm³/mol. The Morgan fingerprint density at radius 1 is 0.800 bits per heavy atom. The van der Waals surface area contributed by atoms with Crippen LogP contribution in [0.15, 0.2) is 54.9 Å². The van der Waals surface area contributed by atoms with Crippen LogP contribution in [-0.2, 0) is 6.42 Å². The van der Waals surface area contributed by atoms with Gasteiger partial charge >= 0.3 is 0 Å². The molecule has 0 radical (unpaired) electrons. The minimum atomic E-state index is -0.197.